The van der Waals surface area contributed by atoms with E-state index in [2.05, 4.69) is 11.0 Å². The lowest BCUT2D eigenvalue weighted by molar-refractivity contribution is -0.00461. The Hall–Kier alpha value is -0.630. The number of nitriles is 1. The van der Waals surface area contributed by atoms with Gasteiger partial charge in [0.2, 0.25) is 0 Å². The lowest BCUT2D eigenvalue weighted by Gasteiger charge is -2.13. The van der Waals surface area contributed by atoms with E-state index < -0.39 is 0 Å². The van der Waals surface area contributed by atoms with Crippen LogP contribution in [0.1, 0.15) is 19.3 Å². The summed E-state index contributed by atoms with van der Waals surface area (Å²) in [5.41, 5.74) is 0. The van der Waals surface area contributed by atoms with E-state index in [-0.39, 0.29) is 12.2 Å². The Balaban J connectivity index is 2.19. The van der Waals surface area contributed by atoms with Gasteiger partial charge in [-0.15, -0.1) is 0 Å². The zero-order valence-electron chi connectivity index (χ0n) is 9.61. The zero-order chi connectivity index (χ0) is 11.1. The lowest BCUT2D eigenvalue weighted by atomic mass is 10.2. The monoisotopic (exact) mass is 212 g/mol. The molecular formula is C11H20N2O2. The molecule has 0 aromatic heterocycles. The largest absolute Gasteiger partial charge is 0.377 e. The van der Waals surface area contributed by atoms with Crippen molar-refractivity contribution in [2.75, 3.05) is 33.9 Å². The zero-order valence-corrected chi connectivity index (χ0v) is 9.61. The van der Waals surface area contributed by atoms with Crippen LogP contribution in [0.5, 0.6) is 0 Å². The number of methoxy groups -OCH3 is 2. The van der Waals surface area contributed by atoms with E-state index in [4.69, 9.17) is 14.7 Å². The third-order valence-corrected chi connectivity index (χ3v) is 2.91. The van der Waals surface area contributed by atoms with Crippen molar-refractivity contribution >= 4 is 0 Å². The van der Waals surface area contributed by atoms with Gasteiger partial charge < -0.3 is 9.47 Å². The molecular weight excluding hydrogens is 192 g/mol. The standard InChI is InChI=1S/C11H20N2O2/c1-14-10-8-13(9-11(10)15-2)7-5-3-4-6-12/h10-11H,3-5,7-9H2,1-2H3. The molecule has 0 spiro atoms. The van der Waals surface area contributed by atoms with Crippen molar-refractivity contribution in [2.24, 2.45) is 0 Å². The molecule has 1 fully saturated rings. The molecule has 0 radical (unpaired) electrons. The fourth-order valence-electron chi connectivity index (χ4n) is 1.99. The van der Waals surface area contributed by atoms with Gasteiger partial charge in [-0.1, -0.05) is 0 Å². The van der Waals surface area contributed by atoms with E-state index in [9.17, 15) is 0 Å². The second kappa shape index (κ2) is 6.78. The smallest absolute Gasteiger partial charge is 0.0971 e. The Bertz CT molecular complexity index is 203. The second-order valence-corrected chi connectivity index (χ2v) is 3.92. The summed E-state index contributed by atoms with van der Waals surface area (Å²) in [6.07, 6.45) is 3.13. The van der Waals surface area contributed by atoms with Crippen LogP contribution in [0.3, 0.4) is 0 Å². The molecule has 86 valence electrons. The SMILES string of the molecule is COC1CN(CCCCC#N)CC1OC. The first-order valence-electron chi connectivity index (χ1n) is 5.46. The van der Waals surface area contributed by atoms with Gasteiger partial charge in [-0.25, -0.2) is 0 Å². The van der Waals surface area contributed by atoms with Crippen LogP contribution in [-0.4, -0.2) is 51.0 Å². The molecule has 4 nitrogen and oxygen atoms in total. The topological polar surface area (TPSA) is 45.5 Å². The van der Waals surface area contributed by atoms with Crippen molar-refractivity contribution < 1.29 is 9.47 Å². The molecule has 0 aromatic rings. The molecule has 1 rings (SSSR count). The Morgan fingerprint density at radius 2 is 1.80 bits per heavy atom. The van der Waals surface area contributed by atoms with Gasteiger partial charge in [0, 0.05) is 33.7 Å². The number of likely N-dealkylation sites (tertiary alicyclic amines) is 1. The normalized spacial score (nSPS) is 26.7. The maximum atomic E-state index is 8.41. The minimum atomic E-state index is 0.200. The molecule has 0 saturated carbocycles. The van der Waals surface area contributed by atoms with Crippen molar-refractivity contribution in [2.45, 2.75) is 31.5 Å². The second-order valence-electron chi connectivity index (χ2n) is 3.92. The van der Waals surface area contributed by atoms with Gasteiger partial charge in [0.25, 0.3) is 0 Å². The third kappa shape index (κ3) is 3.78. The maximum absolute atomic E-state index is 8.41. The average Bonchev–Trinajstić information content (AvgIpc) is 2.67. The summed E-state index contributed by atoms with van der Waals surface area (Å²) in [4.78, 5) is 2.35. The predicted octanol–water partition coefficient (Wildman–Crippen LogP) is 1.03. The average molecular weight is 212 g/mol. The molecule has 15 heavy (non-hydrogen) atoms. The number of ether oxygens (including phenoxy) is 2. The van der Waals surface area contributed by atoms with Crippen molar-refractivity contribution in [3.8, 4) is 6.07 Å². The summed E-state index contributed by atoms with van der Waals surface area (Å²) in [6.45, 7) is 2.94. The van der Waals surface area contributed by atoms with Crippen molar-refractivity contribution in [1.29, 1.82) is 5.26 Å². The summed E-state index contributed by atoms with van der Waals surface area (Å²) in [7, 11) is 3.46. The Morgan fingerprint density at radius 1 is 1.20 bits per heavy atom. The van der Waals surface area contributed by atoms with Crippen LogP contribution in [0.15, 0.2) is 0 Å². The highest BCUT2D eigenvalue weighted by Crippen LogP contribution is 2.16. The van der Waals surface area contributed by atoms with Crippen molar-refractivity contribution in [3.05, 3.63) is 0 Å². The van der Waals surface area contributed by atoms with Gasteiger partial charge in [0.05, 0.1) is 18.3 Å². The Morgan fingerprint density at radius 3 is 2.27 bits per heavy atom. The van der Waals surface area contributed by atoms with E-state index >= 15 is 0 Å². The van der Waals surface area contributed by atoms with Crippen LogP contribution in [0.25, 0.3) is 0 Å². The fraction of sp³-hybridized carbons (Fsp3) is 0.909. The first-order valence-corrected chi connectivity index (χ1v) is 5.46. The van der Waals surface area contributed by atoms with Crippen LogP contribution >= 0.6 is 0 Å². The van der Waals surface area contributed by atoms with Crippen molar-refractivity contribution in [1.82, 2.24) is 4.90 Å². The van der Waals surface area contributed by atoms with Gasteiger partial charge in [0.1, 0.15) is 0 Å². The highest BCUT2D eigenvalue weighted by Gasteiger charge is 2.32. The molecule has 0 amide bonds. The molecule has 0 aliphatic carbocycles. The fourth-order valence-corrected chi connectivity index (χ4v) is 1.99. The molecule has 2 unspecified atom stereocenters. The molecule has 1 aliphatic rings. The molecule has 1 aliphatic heterocycles. The number of hydrogen-bond donors (Lipinski definition) is 0. The Kier molecular flexibility index (Phi) is 5.62. The molecule has 4 heteroatoms. The summed E-state index contributed by atoms with van der Waals surface area (Å²) in [6, 6.07) is 2.17. The molecule has 2 atom stereocenters. The minimum absolute atomic E-state index is 0.200. The predicted molar refractivity (Wildman–Crippen MR) is 57.5 cm³/mol. The highest BCUT2D eigenvalue weighted by molar-refractivity contribution is 4.85. The third-order valence-electron chi connectivity index (χ3n) is 2.91. The van der Waals surface area contributed by atoms with Crippen LogP contribution in [0.2, 0.25) is 0 Å². The summed E-state index contributed by atoms with van der Waals surface area (Å²) >= 11 is 0. The lowest BCUT2D eigenvalue weighted by Crippen LogP contribution is -2.27. The van der Waals surface area contributed by atoms with E-state index in [1.807, 2.05) is 0 Å². The van der Waals surface area contributed by atoms with Gasteiger partial charge in [0.15, 0.2) is 0 Å². The van der Waals surface area contributed by atoms with Crippen LogP contribution in [0, 0.1) is 11.3 Å². The van der Waals surface area contributed by atoms with Crippen molar-refractivity contribution in [3.63, 3.8) is 0 Å². The quantitative estimate of drug-likeness (QED) is 0.617. The Labute approximate surface area is 91.8 Å². The van der Waals surface area contributed by atoms with Crippen LogP contribution in [0.4, 0.5) is 0 Å². The molecule has 0 bridgehead atoms. The van der Waals surface area contributed by atoms with E-state index in [0.29, 0.717) is 6.42 Å². The minimum Gasteiger partial charge on any atom is -0.377 e. The maximum Gasteiger partial charge on any atom is 0.0971 e. The molecule has 0 aromatic carbocycles. The van der Waals surface area contributed by atoms with E-state index in [1.165, 1.54) is 0 Å². The van der Waals surface area contributed by atoms with E-state index in [1.54, 1.807) is 14.2 Å². The van der Waals surface area contributed by atoms with Gasteiger partial charge in [-0.3, -0.25) is 4.90 Å². The van der Waals surface area contributed by atoms with Gasteiger partial charge in [-0.05, 0) is 19.4 Å². The summed E-state index contributed by atoms with van der Waals surface area (Å²) < 4.78 is 10.7. The summed E-state index contributed by atoms with van der Waals surface area (Å²) in [5.74, 6) is 0. The molecule has 1 heterocycles. The number of unbranched alkanes of at least 4 members (excludes halogenated alkanes) is 2. The number of hydrogen-bond acceptors (Lipinski definition) is 4. The first-order chi connectivity index (χ1) is 7.31. The number of rotatable bonds is 6. The van der Waals surface area contributed by atoms with Crippen LogP contribution in [-0.2, 0) is 9.47 Å². The van der Waals surface area contributed by atoms with Crippen LogP contribution < -0.4 is 0 Å². The molecule has 0 N–H and O–H groups in total. The van der Waals surface area contributed by atoms with Gasteiger partial charge in [-0.2, -0.15) is 5.26 Å². The highest BCUT2D eigenvalue weighted by atomic mass is 16.5. The van der Waals surface area contributed by atoms with E-state index in [0.717, 1.165) is 32.5 Å². The summed E-state index contributed by atoms with van der Waals surface area (Å²) in [5, 5.41) is 8.41. The van der Waals surface area contributed by atoms with Gasteiger partial charge >= 0.3 is 0 Å². The number of nitrogens with zero attached hydrogens (tertiary/aromatic N) is 2. The molecule has 1 saturated heterocycles. The first kappa shape index (κ1) is 12.4.